The van der Waals surface area contributed by atoms with Crippen molar-refractivity contribution in [2.75, 3.05) is 50.6 Å². The van der Waals surface area contributed by atoms with Crippen LogP contribution in [0.15, 0.2) is 24.3 Å². The molecule has 1 atom stereocenters. The Labute approximate surface area is 287 Å². The van der Waals surface area contributed by atoms with Gasteiger partial charge in [-0.1, -0.05) is 6.07 Å². The number of aromatic nitrogens is 3. The molecule has 0 radical (unpaired) electrons. The predicted molar refractivity (Wildman–Crippen MR) is 183 cm³/mol. The van der Waals surface area contributed by atoms with Crippen LogP contribution in [-0.4, -0.2) is 101 Å². The third-order valence-corrected chi connectivity index (χ3v) is 12.2. The zero-order chi connectivity index (χ0) is 35.1. The Balaban J connectivity index is 1.09. The lowest BCUT2D eigenvalue weighted by atomic mass is 10.0. The van der Waals surface area contributed by atoms with Crippen LogP contribution in [0.2, 0.25) is 0 Å². The number of likely N-dealkylation sites (tertiary alicyclic amines) is 1. The van der Waals surface area contributed by atoms with E-state index in [1.54, 1.807) is 13.0 Å². The number of halogens is 4. The van der Waals surface area contributed by atoms with Crippen LogP contribution >= 0.6 is 11.3 Å². The molecule has 4 aromatic rings. The van der Waals surface area contributed by atoms with Crippen LogP contribution in [0.4, 0.5) is 23.4 Å². The number of fused-ring (bicyclic) bond motifs is 2. The number of piperidine rings is 1. The van der Waals surface area contributed by atoms with Gasteiger partial charge in [-0.3, -0.25) is 9.80 Å². The van der Waals surface area contributed by atoms with Crippen molar-refractivity contribution in [2.45, 2.75) is 71.4 Å². The molecular formula is C33H40F4N8O2S2. The number of nitriles is 1. The van der Waals surface area contributed by atoms with Gasteiger partial charge in [-0.25, -0.2) is 22.8 Å². The molecule has 0 amide bonds. The van der Waals surface area contributed by atoms with Crippen molar-refractivity contribution in [2.24, 2.45) is 0 Å². The molecule has 264 valence electrons. The minimum atomic E-state index is -4.28. The summed E-state index contributed by atoms with van der Waals surface area (Å²) in [4.78, 5) is 14.3. The van der Waals surface area contributed by atoms with E-state index in [-0.39, 0.29) is 30.1 Å². The van der Waals surface area contributed by atoms with E-state index in [9.17, 15) is 31.2 Å². The number of anilines is 1. The van der Waals surface area contributed by atoms with E-state index in [1.165, 1.54) is 9.87 Å². The number of piperazine rings is 1. The van der Waals surface area contributed by atoms with Gasteiger partial charge in [0.25, 0.3) is 0 Å². The highest BCUT2D eigenvalue weighted by atomic mass is 32.2. The van der Waals surface area contributed by atoms with E-state index in [2.05, 4.69) is 57.1 Å². The number of benzene rings is 1. The average Bonchev–Trinajstić information content (AvgIpc) is 3.63. The van der Waals surface area contributed by atoms with Crippen molar-refractivity contribution >= 4 is 48.3 Å². The first kappa shape index (κ1) is 35.5. The molecule has 10 nitrogen and oxygen atoms in total. The second-order valence-electron chi connectivity index (χ2n) is 13.1. The number of aryl methyl sites for hydroxylation is 2. The number of sulfonamides is 1. The van der Waals surface area contributed by atoms with Gasteiger partial charge in [-0.05, 0) is 62.9 Å². The second-order valence-corrected chi connectivity index (χ2v) is 16.1. The highest BCUT2D eigenvalue weighted by molar-refractivity contribution is 7.88. The maximum atomic E-state index is 13.0. The summed E-state index contributed by atoms with van der Waals surface area (Å²) in [6, 6.07) is 8.83. The van der Waals surface area contributed by atoms with Crippen molar-refractivity contribution in [3.05, 3.63) is 51.8 Å². The molecule has 1 aromatic carbocycles. The molecule has 0 saturated carbocycles. The van der Waals surface area contributed by atoms with Gasteiger partial charge in [-0.2, -0.15) is 22.7 Å². The first-order chi connectivity index (χ1) is 23.2. The van der Waals surface area contributed by atoms with Gasteiger partial charge in [0.15, 0.2) is 0 Å². The number of nitrogens with one attached hydrogen (secondary N) is 1. The van der Waals surface area contributed by atoms with E-state index < -0.39 is 28.6 Å². The Bertz CT molecular complexity index is 1970. The summed E-state index contributed by atoms with van der Waals surface area (Å²) in [6.07, 6.45) is -3.55. The van der Waals surface area contributed by atoms with Crippen LogP contribution in [0.25, 0.3) is 21.1 Å². The Morgan fingerprint density at radius 2 is 1.78 bits per heavy atom. The van der Waals surface area contributed by atoms with Gasteiger partial charge in [0, 0.05) is 80.2 Å². The minimum absolute atomic E-state index is 0.0388. The number of hydrogen-bond acceptors (Lipinski definition) is 9. The van der Waals surface area contributed by atoms with E-state index in [1.807, 2.05) is 10.6 Å². The van der Waals surface area contributed by atoms with Gasteiger partial charge in [0.05, 0.1) is 11.8 Å². The van der Waals surface area contributed by atoms with Crippen LogP contribution < -0.4 is 5.32 Å². The van der Waals surface area contributed by atoms with Crippen molar-refractivity contribution in [3.63, 3.8) is 0 Å². The monoisotopic (exact) mass is 720 g/mol. The molecule has 2 aliphatic heterocycles. The fraction of sp³-hybridized carbons (Fsp3) is 0.545. The molecule has 1 N–H and O–H groups in total. The number of nitrogens with zero attached hydrogens (tertiary/aromatic N) is 7. The second kappa shape index (κ2) is 14.1. The first-order valence-electron chi connectivity index (χ1n) is 16.4. The SMILES string of the molecule is Cc1nc(NC2CCN(Cc3ccc4c(cc(C#N)n4C[C@H](C)N4CCN(S(=O)(=O)CF)CC4)c3C)CC2)c2cc(CC(F)(F)F)sc2n1. The highest BCUT2D eigenvalue weighted by Gasteiger charge is 2.31. The summed E-state index contributed by atoms with van der Waals surface area (Å²) < 4.78 is 79.1. The number of rotatable bonds is 10. The third-order valence-electron chi connectivity index (χ3n) is 9.71. The molecule has 0 aliphatic carbocycles. The largest absolute Gasteiger partial charge is 0.393 e. The van der Waals surface area contributed by atoms with E-state index in [4.69, 9.17) is 0 Å². The minimum Gasteiger partial charge on any atom is -0.367 e. The molecule has 3 aromatic heterocycles. The topological polar surface area (TPSA) is 110 Å². The molecule has 2 fully saturated rings. The van der Waals surface area contributed by atoms with Crippen LogP contribution in [0.3, 0.4) is 0 Å². The van der Waals surface area contributed by atoms with Gasteiger partial charge in [0.1, 0.15) is 28.2 Å². The Morgan fingerprint density at radius 1 is 1.06 bits per heavy atom. The van der Waals surface area contributed by atoms with Crippen molar-refractivity contribution in [1.29, 1.82) is 5.26 Å². The van der Waals surface area contributed by atoms with E-state index in [0.717, 1.165) is 60.3 Å². The summed E-state index contributed by atoms with van der Waals surface area (Å²) in [5, 5.41) is 15.2. The third kappa shape index (κ3) is 7.86. The van der Waals surface area contributed by atoms with Crippen LogP contribution in [0.5, 0.6) is 0 Å². The molecule has 49 heavy (non-hydrogen) atoms. The smallest absolute Gasteiger partial charge is 0.367 e. The molecule has 16 heteroatoms. The lowest BCUT2D eigenvalue weighted by Crippen LogP contribution is -2.52. The highest BCUT2D eigenvalue weighted by Crippen LogP contribution is 2.34. The van der Waals surface area contributed by atoms with Crippen LogP contribution in [0.1, 0.15) is 47.3 Å². The van der Waals surface area contributed by atoms with Gasteiger partial charge >= 0.3 is 6.18 Å². The van der Waals surface area contributed by atoms with E-state index in [0.29, 0.717) is 47.2 Å². The summed E-state index contributed by atoms with van der Waals surface area (Å²) >= 11 is 1.06. The summed E-state index contributed by atoms with van der Waals surface area (Å²) in [7, 11) is -3.86. The van der Waals surface area contributed by atoms with Gasteiger partial charge < -0.3 is 9.88 Å². The van der Waals surface area contributed by atoms with Crippen LogP contribution in [-0.2, 0) is 29.5 Å². The molecule has 2 saturated heterocycles. The quantitative estimate of drug-likeness (QED) is 0.212. The fourth-order valence-corrected chi connectivity index (χ4v) is 8.96. The average molecular weight is 721 g/mol. The summed E-state index contributed by atoms with van der Waals surface area (Å²) in [6.45, 7) is 10.4. The molecule has 0 bridgehead atoms. The predicted octanol–water partition coefficient (Wildman–Crippen LogP) is 5.58. The van der Waals surface area contributed by atoms with Crippen molar-refractivity contribution in [3.8, 4) is 6.07 Å². The molecule has 6 rings (SSSR count). The lowest BCUT2D eigenvalue weighted by Gasteiger charge is -2.37. The summed E-state index contributed by atoms with van der Waals surface area (Å²) in [5.74, 6) is 1.11. The molecule has 5 heterocycles. The Morgan fingerprint density at radius 3 is 2.43 bits per heavy atom. The maximum Gasteiger partial charge on any atom is 0.393 e. The zero-order valence-electron chi connectivity index (χ0n) is 27.7. The molecule has 0 spiro atoms. The lowest BCUT2D eigenvalue weighted by molar-refractivity contribution is -0.126. The number of hydrogen-bond donors (Lipinski definition) is 1. The molecule has 2 aliphatic rings. The summed E-state index contributed by atoms with van der Waals surface area (Å²) in [5.41, 5.74) is 3.85. The normalized spacial score (nSPS) is 18.3. The molecule has 0 unspecified atom stereocenters. The number of alkyl halides is 4. The van der Waals surface area contributed by atoms with Crippen molar-refractivity contribution in [1.82, 2.24) is 28.6 Å². The van der Waals surface area contributed by atoms with Gasteiger partial charge in [-0.15, -0.1) is 11.3 Å². The van der Waals surface area contributed by atoms with Gasteiger partial charge in [0.2, 0.25) is 16.0 Å². The standard InChI is InChI=1S/C33H40F4N8O2S2/c1-21(43-10-12-44(13-11-43)49(46,47)20-34)18-45-26(17-38)14-28-22(2)24(4-5-30(28)45)19-42-8-6-25(7-9-42)41-31-29-15-27(16-33(35,36)37)48-32(29)40-23(3)39-31/h4-5,14-15,21,25H,6-13,16,18-20H2,1-3H3,(H,39,40,41)/t21-/m0/s1. The fourth-order valence-electron chi connectivity index (χ4n) is 7.00. The zero-order valence-corrected chi connectivity index (χ0v) is 29.4. The Kier molecular flexibility index (Phi) is 10.2. The van der Waals surface area contributed by atoms with Crippen molar-refractivity contribution < 1.29 is 26.0 Å². The number of thiophene rings is 1. The maximum absolute atomic E-state index is 13.0. The van der Waals surface area contributed by atoms with Crippen LogP contribution in [0, 0.1) is 25.2 Å². The first-order valence-corrected chi connectivity index (χ1v) is 18.8. The van der Waals surface area contributed by atoms with E-state index >= 15 is 0 Å². The molecular weight excluding hydrogens is 681 g/mol. The Hall–Kier alpha value is -3.36.